The highest BCUT2D eigenvalue weighted by Crippen LogP contribution is 2.55. The zero-order valence-electron chi connectivity index (χ0n) is 41.6. The van der Waals surface area contributed by atoms with E-state index in [1.807, 2.05) is 98.2 Å². The number of aliphatic hydroxyl groups excluding tert-OH is 1. The van der Waals surface area contributed by atoms with Gasteiger partial charge in [0.15, 0.2) is 0 Å². The number of hydrogen-bond donors (Lipinski definition) is 5. The van der Waals surface area contributed by atoms with Crippen molar-refractivity contribution in [3.05, 3.63) is 99.4 Å². The van der Waals surface area contributed by atoms with Crippen LogP contribution < -0.4 is 20.7 Å². The Morgan fingerprint density at radius 2 is 1.67 bits per heavy atom. The van der Waals surface area contributed by atoms with Crippen LogP contribution in [0.25, 0.3) is 10.4 Å². The molecule has 1 aliphatic heterocycles. The van der Waals surface area contributed by atoms with Gasteiger partial charge in [-0.15, -0.1) is 11.3 Å². The van der Waals surface area contributed by atoms with Crippen LogP contribution >= 0.6 is 22.9 Å². The number of aliphatic hydroxyl groups is 1. The summed E-state index contributed by atoms with van der Waals surface area (Å²) < 4.78 is 6.35. The lowest BCUT2D eigenvalue weighted by atomic mass is 9.49. The number of nitrogens with zero attached hydrogens (tertiary/aromatic N) is 5. The second kappa shape index (κ2) is 22.5. The van der Waals surface area contributed by atoms with E-state index in [9.17, 15) is 34.8 Å². The van der Waals surface area contributed by atoms with Gasteiger partial charge in [0.1, 0.15) is 35.7 Å². The molecule has 4 atom stereocenters. The molecular weight excluding hydrogens is 928 g/mol. The number of β-amino-alcohol motifs (C(OH)–C–C–N with tert-alkyl or cyclic N) is 1. The molecule has 0 spiro atoms. The van der Waals surface area contributed by atoms with Gasteiger partial charge in [0.2, 0.25) is 17.7 Å². The Hall–Kier alpha value is -5.89. The molecule has 374 valence electrons. The van der Waals surface area contributed by atoms with E-state index in [2.05, 4.69) is 37.1 Å². The lowest BCUT2D eigenvalue weighted by Gasteiger charge is -2.63. The number of thiazole rings is 1. The third-order valence-corrected chi connectivity index (χ3v) is 15.0. The first-order valence-corrected chi connectivity index (χ1v) is 25.2. The van der Waals surface area contributed by atoms with Crippen molar-refractivity contribution < 1.29 is 34.2 Å². The Labute approximate surface area is 420 Å². The number of hydrogen-bond acceptors (Lipinski definition) is 12. The average molecular weight is 996 g/mol. The zero-order valence-corrected chi connectivity index (χ0v) is 43.2. The van der Waals surface area contributed by atoms with Gasteiger partial charge in [-0.05, 0) is 92.7 Å². The van der Waals surface area contributed by atoms with Crippen molar-refractivity contribution in [3.63, 3.8) is 0 Å². The molecule has 1 saturated heterocycles. The summed E-state index contributed by atoms with van der Waals surface area (Å²) in [5, 5.41) is 42.6. The highest BCUT2D eigenvalue weighted by molar-refractivity contribution is 7.13. The van der Waals surface area contributed by atoms with Crippen LogP contribution in [0.4, 0.5) is 0 Å². The molecule has 2 aliphatic rings. The molecule has 17 heteroatoms. The molecule has 0 radical (unpaired) electrons. The maximum atomic E-state index is 14.1. The molecule has 2 aromatic heterocycles. The zero-order chi connectivity index (χ0) is 51.1. The van der Waals surface area contributed by atoms with E-state index < -0.39 is 40.3 Å². The molecule has 6 rings (SSSR count). The number of oxime groups is 1. The lowest BCUT2D eigenvalue weighted by molar-refractivity contribution is -0.164. The molecule has 1 aliphatic carbocycles. The standard InChI is InChI=1S/C53H67ClN8O7S/c1-31(34-18-20-35(21-19-34)44-32(2)57-30-70-44)58-47(66)42-25-38(63)29-62(42)48(67)45(51(3,4)5)59-43(64)16-11-10-14-37(61-68)15-12-13-33-17-24-41(56-28-33)46(65)60-49-52(6,7)50(53(49,8)9)69-39-23-22-36(27-55)40(54)26-39/h17-24,26,28,30-31,38,42,45,49-50,63,68H,10-16,25,29H2,1-9H3,(H,58,66)(H,59,64)(H,60,65)/b61-37+/t31-,38+,42-,45?,49?,50?/m0/s1. The quantitative estimate of drug-likeness (QED) is 0.0260. The summed E-state index contributed by atoms with van der Waals surface area (Å²) in [6.07, 6.45) is 4.23. The summed E-state index contributed by atoms with van der Waals surface area (Å²) in [5.41, 5.74) is 5.39. The number of pyridine rings is 1. The van der Waals surface area contributed by atoms with Crippen molar-refractivity contribution in [2.75, 3.05) is 6.54 Å². The normalized spacial score (nSPS) is 20.4. The summed E-state index contributed by atoms with van der Waals surface area (Å²) in [5.74, 6) is -0.831. The Morgan fingerprint density at radius 3 is 2.27 bits per heavy atom. The molecule has 4 amide bonds. The topological polar surface area (TPSA) is 219 Å². The molecule has 2 aromatic carbocycles. The predicted octanol–water partition coefficient (Wildman–Crippen LogP) is 8.73. The number of carbonyl (C=O) groups is 4. The van der Waals surface area contributed by atoms with Crippen molar-refractivity contribution in [2.24, 2.45) is 21.4 Å². The Bertz CT molecular complexity index is 2570. The van der Waals surface area contributed by atoms with Crippen LogP contribution in [0, 0.1) is 34.5 Å². The Kier molecular flexibility index (Phi) is 17.2. The molecule has 4 aromatic rings. The summed E-state index contributed by atoms with van der Waals surface area (Å²) in [4.78, 5) is 65.8. The monoisotopic (exact) mass is 994 g/mol. The first-order chi connectivity index (χ1) is 33.0. The minimum absolute atomic E-state index is 0.0190. The van der Waals surface area contributed by atoms with Crippen LogP contribution in [0.5, 0.6) is 5.75 Å². The number of aromatic nitrogens is 2. The fourth-order valence-electron chi connectivity index (χ4n) is 10.1. The van der Waals surface area contributed by atoms with Crippen LogP contribution in [-0.2, 0) is 20.8 Å². The number of amides is 4. The molecule has 1 saturated carbocycles. The van der Waals surface area contributed by atoms with E-state index in [0.29, 0.717) is 66.3 Å². The van der Waals surface area contributed by atoms with Crippen molar-refractivity contribution in [2.45, 2.75) is 150 Å². The molecule has 70 heavy (non-hydrogen) atoms. The molecule has 1 unspecified atom stereocenters. The van der Waals surface area contributed by atoms with E-state index in [1.165, 1.54) is 4.90 Å². The van der Waals surface area contributed by atoms with Crippen molar-refractivity contribution >= 4 is 52.3 Å². The van der Waals surface area contributed by atoms with E-state index in [0.717, 1.165) is 27.3 Å². The highest BCUT2D eigenvalue weighted by atomic mass is 35.5. The van der Waals surface area contributed by atoms with Gasteiger partial charge in [0.25, 0.3) is 5.91 Å². The summed E-state index contributed by atoms with van der Waals surface area (Å²) in [6, 6.07) is 16.1. The van der Waals surface area contributed by atoms with Crippen LogP contribution in [0.2, 0.25) is 5.02 Å². The van der Waals surface area contributed by atoms with Gasteiger partial charge < -0.3 is 35.9 Å². The number of aryl methyl sites for hydroxylation is 2. The Morgan fingerprint density at radius 1 is 0.986 bits per heavy atom. The number of likely N-dealkylation sites (tertiary alicyclic amines) is 1. The highest BCUT2D eigenvalue weighted by Gasteiger charge is 2.64. The van der Waals surface area contributed by atoms with Gasteiger partial charge in [0.05, 0.1) is 44.5 Å². The van der Waals surface area contributed by atoms with Gasteiger partial charge in [-0.2, -0.15) is 5.26 Å². The van der Waals surface area contributed by atoms with Crippen LogP contribution in [0.3, 0.4) is 0 Å². The number of ether oxygens (including phenoxy) is 1. The summed E-state index contributed by atoms with van der Waals surface area (Å²) >= 11 is 7.81. The van der Waals surface area contributed by atoms with Crippen molar-refractivity contribution in [1.29, 1.82) is 5.26 Å². The van der Waals surface area contributed by atoms with Crippen LogP contribution in [0.15, 0.2) is 71.5 Å². The minimum atomic E-state index is -0.939. The van der Waals surface area contributed by atoms with Gasteiger partial charge in [-0.1, -0.05) is 95.6 Å². The largest absolute Gasteiger partial charge is 0.489 e. The number of nitrogens with one attached hydrogen (secondary N) is 3. The third-order valence-electron chi connectivity index (χ3n) is 13.7. The van der Waals surface area contributed by atoms with Gasteiger partial charge in [0, 0.05) is 48.5 Å². The first-order valence-electron chi connectivity index (χ1n) is 24.0. The molecule has 3 heterocycles. The molecule has 5 N–H and O–H groups in total. The molecule has 15 nitrogen and oxygen atoms in total. The number of unbranched alkanes of at least 4 members (excludes halogenated alkanes) is 1. The summed E-state index contributed by atoms with van der Waals surface area (Å²) in [7, 11) is 0. The maximum Gasteiger partial charge on any atom is 0.270 e. The number of rotatable bonds is 19. The average Bonchev–Trinajstić information content (AvgIpc) is 3.94. The van der Waals surface area contributed by atoms with Gasteiger partial charge in [-0.25, -0.2) is 4.98 Å². The van der Waals surface area contributed by atoms with Gasteiger partial charge in [-0.3, -0.25) is 24.2 Å². The lowest BCUT2D eigenvalue weighted by Crippen LogP contribution is -2.74. The minimum Gasteiger partial charge on any atom is -0.489 e. The smallest absolute Gasteiger partial charge is 0.270 e. The van der Waals surface area contributed by atoms with E-state index >= 15 is 0 Å². The van der Waals surface area contributed by atoms with Crippen LogP contribution in [0.1, 0.15) is 139 Å². The number of benzene rings is 2. The second-order valence-corrected chi connectivity index (χ2v) is 22.2. The maximum absolute atomic E-state index is 14.1. The van der Waals surface area contributed by atoms with Crippen LogP contribution in [-0.4, -0.2) is 91.4 Å². The number of nitriles is 1. The summed E-state index contributed by atoms with van der Waals surface area (Å²) in [6.45, 7) is 17.5. The molecular formula is C53H67ClN8O7S. The van der Waals surface area contributed by atoms with E-state index in [4.69, 9.17) is 16.3 Å². The van der Waals surface area contributed by atoms with Crippen molar-refractivity contribution in [1.82, 2.24) is 30.8 Å². The first kappa shape index (κ1) is 53.5. The SMILES string of the molecule is Cc1ncsc1-c1ccc([C@H](C)NC(=O)[C@@H]2C[C@@H](O)CN2C(=O)C(NC(=O)CCCC/C(CCCc2ccc(C(=O)NC3C(C)(C)C(Oc4ccc(C#N)c(Cl)c4)C3(C)C)nc2)=N\O)C(C)(C)C)cc1. The second-order valence-electron chi connectivity index (χ2n) is 21.0. The predicted molar refractivity (Wildman–Crippen MR) is 271 cm³/mol. The fourth-order valence-corrected chi connectivity index (χ4v) is 11.1. The van der Waals surface area contributed by atoms with Gasteiger partial charge >= 0.3 is 0 Å². The van der Waals surface area contributed by atoms with E-state index in [1.54, 1.807) is 41.8 Å². The molecule has 2 fully saturated rings. The number of halogens is 1. The Balaban J connectivity index is 0.920. The van der Waals surface area contributed by atoms with Crippen molar-refractivity contribution in [3.8, 4) is 22.3 Å². The fraction of sp³-hybridized carbons (Fsp3) is 0.509. The van der Waals surface area contributed by atoms with E-state index in [-0.39, 0.29) is 55.3 Å². The third kappa shape index (κ3) is 12.5. The number of carbonyl (C=O) groups excluding carboxylic acids is 4. The molecule has 0 bridgehead atoms.